The predicted octanol–water partition coefficient (Wildman–Crippen LogP) is 4.43. The summed E-state index contributed by atoms with van der Waals surface area (Å²) in [4.78, 5) is 21.1. The van der Waals surface area contributed by atoms with Gasteiger partial charge in [-0.1, -0.05) is 26.0 Å². The molecule has 1 aliphatic heterocycles. The highest BCUT2D eigenvalue weighted by Gasteiger charge is 2.32. The van der Waals surface area contributed by atoms with E-state index in [9.17, 15) is 13.2 Å². The molecule has 0 saturated carbocycles. The van der Waals surface area contributed by atoms with Crippen molar-refractivity contribution >= 4 is 21.6 Å². The lowest BCUT2D eigenvalue weighted by Gasteiger charge is -2.30. The summed E-state index contributed by atoms with van der Waals surface area (Å²) in [5.41, 5.74) is 1.74. The Hall–Kier alpha value is -3.30. The molecule has 1 N–H and O–H groups in total. The summed E-state index contributed by atoms with van der Waals surface area (Å²) in [5, 5.41) is 2.91. The number of piperidine rings is 1. The second-order valence-corrected chi connectivity index (χ2v) is 10.5. The Morgan fingerprint density at radius 2 is 1.62 bits per heavy atom. The molecule has 4 rings (SSSR count). The van der Waals surface area contributed by atoms with Crippen LogP contribution >= 0.6 is 0 Å². The monoisotopic (exact) mass is 480 g/mol. The first-order valence-corrected chi connectivity index (χ1v) is 12.7. The van der Waals surface area contributed by atoms with Gasteiger partial charge in [0.2, 0.25) is 15.9 Å². The second-order valence-electron chi connectivity index (χ2n) is 8.55. The quantitative estimate of drug-likeness (QED) is 0.537. The van der Waals surface area contributed by atoms with Crippen LogP contribution < -0.4 is 10.1 Å². The minimum absolute atomic E-state index is 0.113. The zero-order valence-electron chi connectivity index (χ0n) is 19.2. The Kier molecular flexibility index (Phi) is 7.23. The van der Waals surface area contributed by atoms with E-state index in [2.05, 4.69) is 29.1 Å². The molecule has 1 saturated heterocycles. The van der Waals surface area contributed by atoms with E-state index < -0.39 is 10.0 Å². The number of hydrogen-bond acceptors (Lipinski definition) is 6. The lowest BCUT2D eigenvalue weighted by molar-refractivity contribution is -0.120. The van der Waals surface area contributed by atoms with Gasteiger partial charge in [0, 0.05) is 37.1 Å². The van der Waals surface area contributed by atoms with Crippen molar-refractivity contribution in [2.45, 2.75) is 37.5 Å². The van der Waals surface area contributed by atoms with Crippen molar-refractivity contribution in [1.82, 2.24) is 14.3 Å². The number of sulfonamides is 1. The molecule has 34 heavy (non-hydrogen) atoms. The van der Waals surface area contributed by atoms with Crippen LogP contribution in [0.15, 0.2) is 71.9 Å². The van der Waals surface area contributed by atoms with Gasteiger partial charge in [-0.05, 0) is 66.8 Å². The highest BCUT2D eigenvalue weighted by atomic mass is 32.2. The number of carbonyl (C=O) groups excluding carboxylic acids is 1. The highest BCUT2D eigenvalue weighted by molar-refractivity contribution is 7.89. The first-order valence-electron chi connectivity index (χ1n) is 11.3. The Morgan fingerprint density at radius 3 is 2.21 bits per heavy atom. The smallest absolute Gasteiger partial charge is 0.321 e. The van der Waals surface area contributed by atoms with E-state index in [1.165, 1.54) is 4.31 Å². The van der Waals surface area contributed by atoms with Crippen molar-refractivity contribution in [2.24, 2.45) is 5.92 Å². The molecule has 3 aromatic rings. The van der Waals surface area contributed by atoms with Crippen molar-refractivity contribution < 1.29 is 17.9 Å². The summed E-state index contributed by atoms with van der Waals surface area (Å²) < 4.78 is 33.0. The Bertz CT molecular complexity index is 1210. The van der Waals surface area contributed by atoms with Gasteiger partial charge in [-0.2, -0.15) is 4.31 Å². The third-order valence-corrected chi connectivity index (χ3v) is 7.80. The maximum Gasteiger partial charge on any atom is 0.321 e. The van der Waals surface area contributed by atoms with Crippen LogP contribution in [0.4, 0.5) is 5.69 Å². The molecule has 0 atom stereocenters. The molecule has 1 aromatic heterocycles. The van der Waals surface area contributed by atoms with Gasteiger partial charge in [0.25, 0.3) is 0 Å². The number of carbonyl (C=O) groups is 1. The minimum Gasteiger partial charge on any atom is -0.424 e. The van der Waals surface area contributed by atoms with Crippen LogP contribution in [0, 0.1) is 5.92 Å². The molecule has 0 spiro atoms. The molecular weight excluding hydrogens is 452 g/mol. The number of nitrogens with one attached hydrogen (secondary N) is 1. The molecule has 178 valence electrons. The maximum atomic E-state index is 13.0. The lowest BCUT2D eigenvalue weighted by Crippen LogP contribution is -2.41. The summed E-state index contributed by atoms with van der Waals surface area (Å²) in [7, 11) is -3.57. The Balaban J connectivity index is 1.31. The molecule has 2 aromatic carbocycles. The highest BCUT2D eigenvalue weighted by Crippen LogP contribution is 2.27. The second kappa shape index (κ2) is 10.3. The standard InChI is InChI=1S/C25H28N4O4S/c1-18(2)19-4-10-23(11-5-19)34(31,32)29-16-12-20(13-17-29)24(30)28-21-6-8-22(9-7-21)33-25-26-14-3-15-27-25/h3-11,14-15,18,20H,12-13,16-17H2,1-2H3,(H,28,30). The maximum absolute atomic E-state index is 13.0. The van der Waals surface area contributed by atoms with Gasteiger partial charge < -0.3 is 10.1 Å². The summed E-state index contributed by atoms with van der Waals surface area (Å²) in [6, 6.07) is 16.0. The number of benzene rings is 2. The third-order valence-electron chi connectivity index (χ3n) is 5.88. The van der Waals surface area contributed by atoms with Gasteiger partial charge in [0.15, 0.2) is 0 Å². The molecule has 0 radical (unpaired) electrons. The van der Waals surface area contributed by atoms with Crippen LogP contribution in [0.1, 0.15) is 38.2 Å². The molecule has 0 aliphatic carbocycles. The van der Waals surface area contributed by atoms with Crippen LogP contribution in [0.25, 0.3) is 0 Å². The first kappa shape index (κ1) is 23.8. The van der Waals surface area contributed by atoms with Gasteiger partial charge in [-0.25, -0.2) is 18.4 Å². The number of nitrogens with zero attached hydrogens (tertiary/aromatic N) is 3. The van der Waals surface area contributed by atoms with Crippen LogP contribution in [0.3, 0.4) is 0 Å². The van der Waals surface area contributed by atoms with Crippen molar-refractivity contribution in [3.05, 3.63) is 72.6 Å². The Labute approximate surface area is 200 Å². The Morgan fingerprint density at radius 1 is 1.00 bits per heavy atom. The van der Waals surface area contributed by atoms with E-state index in [4.69, 9.17) is 4.74 Å². The van der Waals surface area contributed by atoms with E-state index in [1.54, 1.807) is 54.9 Å². The molecule has 2 heterocycles. The number of aromatic nitrogens is 2. The summed E-state index contributed by atoms with van der Waals surface area (Å²) >= 11 is 0. The third kappa shape index (κ3) is 5.60. The number of anilines is 1. The summed E-state index contributed by atoms with van der Waals surface area (Å²) in [5.74, 6) is 0.540. The number of rotatable bonds is 7. The van der Waals surface area contributed by atoms with Crippen LogP contribution in [0.5, 0.6) is 11.8 Å². The van der Waals surface area contributed by atoms with Gasteiger partial charge in [0.05, 0.1) is 4.90 Å². The molecule has 8 nitrogen and oxygen atoms in total. The first-order chi connectivity index (χ1) is 16.3. The van der Waals surface area contributed by atoms with E-state index in [0.717, 1.165) is 5.56 Å². The van der Waals surface area contributed by atoms with Gasteiger partial charge >= 0.3 is 6.01 Å². The largest absolute Gasteiger partial charge is 0.424 e. The fourth-order valence-electron chi connectivity index (χ4n) is 3.83. The fraction of sp³-hybridized carbons (Fsp3) is 0.320. The van der Waals surface area contributed by atoms with Crippen LogP contribution in [-0.2, 0) is 14.8 Å². The number of ether oxygens (including phenoxy) is 1. The zero-order valence-corrected chi connectivity index (χ0v) is 20.0. The molecule has 1 amide bonds. The van der Waals surface area contributed by atoms with Crippen LogP contribution in [0.2, 0.25) is 0 Å². The zero-order chi connectivity index (χ0) is 24.1. The van der Waals surface area contributed by atoms with Crippen molar-refractivity contribution in [1.29, 1.82) is 0 Å². The minimum atomic E-state index is -3.57. The van der Waals surface area contributed by atoms with Gasteiger partial charge in [-0.3, -0.25) is 4.79 Å². The van der Waals surface area contributed by atoms with Crippen molar-refractivity contribution in [2.75, 3.05) is 18.4 Å². The SMILES string of the molecule is CC(C)c1ccc(S(=O)(=O)N2CCC(C(=O)Nc3ccc(Oc4ncccn4)cc3)CC2)cc1. The number of hydrogen-bond donors (Lipinski definition) is 1. The molecular formula is C25H28N4O4S. The molecule has 1 fully saturated rings. The van der Waals surface area contributed by atoms with Crippen molar-refractivity contribution in [3.8, 4) is 11.8 Å². The van der Waals surface area contributed by atoms with Crippen LogP contribution in [-0.4, -0.2) is 41.7 Å². The van der Waals surface area contributed by atoms with Gasteiger partial charge in [-0.15, -0.1) is 0 Å². The topological polar surface area (TPSA) is 101 Å². The molecule has 0 unspecified atom stereocenters. The molecule has 1 aliphatic rings. The molecule has 9 heteroatoms. The van der Waals surface area contributed by atoms with E-state index >= 15 is 0 Å². The average Bonchev–Trinajstić information content (AvgIpc) is 2.86. The fourth-order valence-corrected chi connectivity index (χ4v) is 5.30. The van der Waals surface area contributed by atoms with E-state index in [0.29, 0.717) is 48.2 Å². The van der Waals surface area contributed by atoms with E-state index in [-0.39, 0.29) is 17.8 Å². The summed E-state index contributed by atoms with van der Waals surface area (Å²) in [6.07, 6.45) is 4.13. The normalized spacial score (nSPS) is 15.3. The average molecular weight is 481 g/mol. The summed E-state index contributed by atoms with van der Waals surface area (Å²) in [6.45, 7) is 4.77. The predicted molar refractivity (Wildman–Crippen MR) is 129 cm³/mol. The van der Waals surface area contributed by atoms with Gasteiger partial charge in [0.1, 0.15) is 5.75 Å². The van der Waals surface area contributed by atoms with Crippen molar-refractivity contribution in [3.63, 3.8) is 0 Å². The molecule has 0 bridgehead atoms. The number of amides is 1. The lowest BCUT2D eigenvalue weighted by atomic mass is 9.97. The van der Waals surface area contributed by atoms with E-state index in [1.807, 2.05) is 12.1 Å².